The lowest BCUT2D eigenvalue weighted by Gasteiger charge is -2.21. The van der Waals surface area contributed by atoms with E-state index in [9.17, 15) is 9.90 Å². The van der Waals surface area contributed by atoms with Gasteiger partial charge in [-0.3, -0.25) is 9.69 Å². The molecule has 1 saturated heterocycles. The minimum atomic E-state index is -0.742. The average molecular weight is 271 g/mol. The second-order valence-corrected chi connectivity index (χ2v) is 5.21. The topological polar surface area (TPSA) is 66.3 Å². The number of rotatable bonds is 3. The molecule has 1 aromatic carbocycles. The molecule has 1 fully saturated rings. The highest BCUT2D eigenvalue weighted by molar-refractivity contribution is 5.74. The van der Waals surface area contributed by atoms with Gasteiger partial charge in [0.05, 0.1) is 22.4 Å². The number of aromatic nitrogens is 2. The van der Waals surface area contributed by atoms with Crippen molar-refractivity contribution < 1.29 is 9.90 Å². The highest BCUT2D eigenvalue weighted by Gasteiger charge is 2.30. The van der Waals surface area contributed by atoms with E-state index < -0.39 is 5.97 Å². The molecule has 1 unspecified atom stereocenters. The summed E-state index contributed by atoms with van der Waals surface area (Å²) in [6.45, 7) is 3.30. The normalized spacial score (nSPS) is 19.6. The predicted octanol–water partition coefficient (Wildman–Crippen LogP) is 1.99. The summed E-state index contributed by atoms with van der Waals surface area (Å²) in [6, 6.07) is 7.37. The molecule has 0 bridgehead atoms. The van der Waals surface area contributed by atoms with Crippen molar-refractivity contribution in [3.05, 3.63) is 35.7 Å². The quantitative estimate of drug-likeness (QED) is 0.924. The Hall–Kier alpha value is -2.01. The molecule has 1 aliphatic heterocycles. The molecule has 0 aliphatic carbocycles. The van der Waals surface area contributed by atoms with Crippen molar-refractivity contribution in [1.29, 1.82) is 0 Å². The zero-order chi connectivity index (χ0) is 14.1. The number of nitrogens with zero attached hydrogens (tertiary/aromatic N) is 3. The van der Waals surface area contributed by atoms with Gasteiger partial charge in [0.25, 0.3) is 0 Å². The maximum Gasteiger partial charge on any atom is 0.320 e. The van der Waals surface area contributed by atoms with Gasteiger partial charge in [0.1, 0.15) is 6.04 Å². The van der Waals surface area contributed by atoms with Crippen molar-refractivity contribution in [1.82, 2.24) is 14.9 Å². The minimum absolute atomic E-state index is 0.386. The van der Waals surface area contributed by atoms with Crippen LogP contribution in [0.1, 0.15) is 24.2 Å². The number of benzene rings is 1. The Morgan fingerprint density at radius 3 is 2.75 bits per heavy atom. The lowest BCUT2D eigenvalue weighted by Crippen LogP contribution is -2.35. The molecular weight excluding hydrogens is 254 g/mol. The van der Waals surface area contributed by atoms with Crippen LogP contribution in [0.4, 0.5) is 0 Å². The maximum absolute atomic E-state index is 11.2. The summed E-state index contributed by atoms with van der Waals surface area (Å²) in [6.07, 6.45) is 1.65. The van der Waals surface area contributed by atoms with Crippen LogP contribution in [0.3, 0.4) is 0 Å². The largest absolute Gasteiger partial charge is 0.480 e. The standard InChI is InChI=1S/C15H17N3O2/c1-10-13(9-18-8-4-7-14(18)15(19)20)17-12-6-3-2-5-11(12)16-10/h2-3,5-6,14H,4,7-9H2,1H3,(H,19,20). The van der Waals surface area contributed by atoms with Crippen LogP contribution in [-0.2, 0) is 11.3 Å². The van der Waals surface area contributed by atoms with Gasteiger partial charge in [0, 0.05) is 6.54 Å². The molecule has 0 amide bonds. The van der Waals surface area contributed by atoms with Gasteiger partial charge >= 0.3 is 5.97 Å². The molecular formula is C15H17N3O2. The van der Waals surface area contributed by atoms with E-state index in [-0.39, 0.29) is 6.04 Å². The number of para-hydroxylation sites is 2. The van der Waals surface area contributed by atoms with Crippen molar-refractivity contribution in [2.24, 2.45) is 0 Å². The van der Waals surface area contributed by atoms with E-state index in [1.54, 1.807) is 0 Å². The fraction of sp³-hybridized carbons (Fsp3) is 0.400. The molecule has 1 N–H and O–H groups in total. The van der Waals surface area contributed by atoms with E-state index >= 15 is 0 Å². The molecule has 2 heterocycles. The third-order valence-electron chi connectivity index (χ3n) is 3.84. The Bertz CT molecular complexity index is 657. The smallest absolute Gasteiger partial charge is 0.320 e. The van der Waals surface area contributed by atoms with Crippen LogP contribution in [0.25, 0.3) is 11.0 Å². The minimum Gasteiger partial charge on any atom is -0.480 e. The third-order valence-corrected chi connectivity index (χ3v) is 3.84. The van der Waals surface area contributed by atoms with Gasteiger partial charge in [-0.15, -0.1) is 0 Å². The number of hydrogen-bond donors (Lipinski definition) is 1. The molecule has 0 radical (unpaired) electrons. The van der Waals surface area contributed by atoms with Gasteiger partial charge < -0.3 is 5.11 Å². The van der Waals surface area contributed by atoms with Crippen LogP contribution in [0.5, 0.6) is 0 Å². The Morgan fingerprint density at radius 1 is 1.35 bits per heavy atom. The second kappa shape index (κ2) is 5.17. The molecule has 3 rings (SSSR count). The number of carboxylic acids is 1. The summed E-state index contributed by atoms with van der Waals surface area (Å²) in [5.41, 5.74) is 3.49. The summed E-state index contributed by atoms with van der Waals surface area (Å²) >= 11 is 0. The number of aliphatic carboxylic acids is 1. The van der Waals surface area contributed by atoms with E-state index in [2.05, 4.69) is 9.97 Å². The van der Waals surface area contributed by atoms with Gasteiger partial charge in [-0.1, -0.05) is 12.1 Å². The van der Waals surface area contributed by atoms with Crippen LogP contribution in [-0.4, -0.2) is 38.5 Å². The maximum atomic E-state index is 11.2. The molecule has 104 valence electrons. The van der Waals surface area contributed by atoms with E-state index in [0.29, 0.717) is 6.54 Å². The highest BCUT2D eigenvalue weighted by Crippen LogP contribution is 2.21. The first-order chi connectivity index (χ1) is 9.65. The van der Waals surface area contributed by atoms with Gasteiger partial charge in [-0.2, -0.15) is 0 Å². The van der Waals surface area contributed by atoms with Crippen molar-refractivity contribution in [3.63, 3.8) is 0 Å². The lowest BCUT2D eigenvalue weighted by molar-refractivity contribution is -0.142. The number of carbonyl (C=O) groups is 1. The van der Waals surface area contributed by atoms with Crippen molar-refractivity contribution in [2.45, 2.75) is 32.4 Å². The summed E-state index contributed by atoms with van der Waals surface area (Å²) in [5, 5.41) is 9.23. The van der Waals surface area contributed by atoms with Crippen molar-refractivity contribution in [3.8, 4) is 0 Å². The van der Waals surface area contributed by atoms with Crippen molar-refractivity contribution >= 4 is 17.0 Å². The number of fused-ring (bicyclic) bond motifs is 1. The van der Waals surface area contributed by atoms with Crippen LogP contribution in [0, 0.1) is 6.92 Å². The Morgan fingerprint density at radius 2 is 2.05 bits per heavy atom. The summed E-state index contributed by atoms with van der Waals surface area (Å²) in [5.74, 6) is -0.742. The number of likely N-dealkylation sites (tertiary alicyclic amines) is 1. The monoisotopic (exact) mass is 271 g/mol. The Labute approximate surface area is 117 Å². The van der Waals surface area contributed by atoms with Crippen LogP contribution < -0.4 is 0 Å². The lowest BCUT2D eigenvalue weighted by atomic mass is 10.2. The Balaban J connectivity index is 1.90. The van der Waals surface area contributed by atoms with Gasteiger partial charge in [0.15, 0.2) is 0 Å². The summed E-state index contributed by atoms with van der Waals surface area (Å²) in [4.78, 5) is 22.4. The summed E-state index contributed by atoms with van der Waals surface area (Å²) in [7, 11) is 0. The van der Waals surface area contributed by atoms with Gasteiger partial charge in [-0.05, 0) is 38.4 Å². The molecule has 1 aromatic heterocycles. The SMILES string of the molecule is Cc1nc2ccccc2nc1CN1CCCC1C(=O)O. The zero-order valence-electron chi connectivity index (χ0n) is 11.4. The van der Waals surface area contributed by atoms with Crippen LogP contribution >= 0.6 is 0 Å². The number of aryl methyl sites for hydroxylation is 1. The molecule has 2 aromatic rings. The fourth-order valence-electron chi connectivity index (χ4n) is 2.76. The number of hydrogen-bond acceptors (Lipinski definition) is 4. The average Bonchev–Trinajstić information content (AvgIpc) is 2.88. The highest BCUT2D eigenvalue weighted by atomic mass is 16.4. The van der Waals surface area contributed by atoms with Gasteiger partial charge in [0.2, 0.25) is 0 Å². The first-order valence-corrected chi connectivity index (χ1v) is 6.84. The van der Waals surface area contributed by atoms with E-state index in [1.807, 2.05) is 36.1 Å². The number of carboxylic acid groups (broad SMARTS) is 1. The van der Waals surface area contributed by atoms with Crippen molar-refractivity contribution in [2.75, 3.05) is 6.54 Å². The van der Waals surface area contributed by atoms with E-state index in [1.165, 1.54) is 0 Å². The molecule has 0 saturated carbocycles. The summed E-state index contributed by atoms with van der Waals surface area (Å²) < 4.78 is 0. The first-order valence-electron chi connectivity index (χ1n) is 6.84. The predicted molar refractivity (Wildman–Crippen MR) is 75.3 cm³/mol. The van der Waals surface area contributed by atoms with E-state index in [0.717, 1.165) is 41.8 Å². The van der Waals surface area contributed by atoms with Gasteiger partial charge in [-0.25, -0.2) is 9.97 Å². The molecule has 0 spiro atoms. The van der Waals surface area contributed by atoms with Crippen LogP contribution in [0.2, 0.25) is 0 Å². The zero-order valence-corrected chi connectivity index (χ0v) is 11.4. The molecule has 20 heavy (non-hydrogen) atoms. The molecule has 1 aliphatic rings. The second-order valence-electron chi connectivity index (χ2n) is 5.21. The van der Waals surface area contributed by atoms with Crippen LogP contribution in [0.15, 0.2) is 24.3 Å². The first kappa shape index (κ1) is 13.0. The molecule has 1 atom stereocenters. The Kier molecular flexibility index (Phi) is 3.36. The fourth-order valence-corrected chi connectivity index (χ4v) is 2.76. The molecule has 5 nitrogen and oxygen atoms in total. The molecule has 5 heteroatoms. The third kappa shape index (κ3) is 2.36. The van der Waals surface area contributed by atoms with E-state index in [4.69, 9.17) is 0 Å².